The predicted octanol–water partition coefficient (Wildman–Crippen LogP) is 4.16. The Morgan fingerprint density at radius 2 is 1.82 bits per heavy atom. The first-order chi connectivity index (χ1) is 13.3. The molecular weight excluding hydrogens is 416 g/mol. The van der Waals surface area contributed by atoms with Crippen LogP contribution in [0.1, 0.15) is 12.5 Å². The number of thioether (sulfide) groups is 1. The summed E-state index contributed by atoms with van der Waals surface area (Å²) in [5, 5.41) is 10.1. The number of sulfonamides is 1. The van der Waals surface area contributed by atoms with Gasteiger partial charge in [-0.3, -0.25) is 0 Å². The molecule has 0 aliphatic rings. The fourth-order valence-corrected chi connectivity index (χ4v) is 4.69. The molecule has 28 heavy (non-hydrogen) atoms. The minimum atomic E-state index is -3.45. The molecule has 0 spiro atoms. The van der Waals surface area contributed by atoms with Gasteiger partial charge in [0.1, 0.15) is 0 Å². The quantitative estimate of drug-likeness (QED) is 0.520. The molecule has 0 radical (unpaired) electrons. The van der Waals surface area contributed by atoms with Gasteiger partial charge in [-0.25, -0.2) is 12.7 Å². The fourth-order valence-electron chi connectivity index (χ4n) is 2.65. The van der Waals surface area contributed by atoms with Gasteiger partial charge in [0.15, 0.2) is 11.0 Å². The molecule has 0 aliphatic heterocycles. The van der Waals surface area contributed by atoms with Crippen molar-refractivity contribution in [3.05, 3.63) is 59.1 Å². The highest BCUT2D eigenvalue weighted by molar-refractivity contribution is 7.98. The highest BCUT2D eigenvalue weighted by Crippen LogP contribution is 2.28. The Kier molecular flexibility index (Phi) is 6.44. The summed E-state index contributed by atoms with van der Waals surface area (Å²) >= 11 is 7.49. The number of aromatic nitrogens is 3. The molecule has 0 aliphatic carbocycles. The van der Waals surface area contributed by atoms with Gasteiger partial charge in [0.2, 0.25) is 10.0 Å². The van der Waals surface area contributed by atoms with Gasteiger partial charge in [0.25, 0.3) is 0 Å². The molecule has 9 heteroatoms. The van der Waals surface area contributed by atoms with Crippen LogP contribution in [0.4, 0.5) is 0 Å². The first-order valence-corrected chi connectivity index (χ1v) is 11.5. The summed E-state index contributed by atoms with van der Waals surface area (Å²) in [6, 6.07) is 14.5. The molecule has 3 aromatic rings. The molecule has 0 unspecified atom stereocenters. The third kappa shape index (κ3) is 4.41. The first-order valence-electron chi connectivity index (χ1n) is 8.66. The van der Waals surface area contributed by atoms with Crippen molar-refractivity contribution in [3.8, 4) is 11.4 Å². The lowest BCUT2D eigenvalue weighted by atomic mass is 10.2. The smallest absolute Gasteiger partial charge is 0.242 e. The van der Waals surface area contributed by atoms with Crippen LogP contribution in [0.2, 0.25) is 5.02 Å². The Labute approximate surface area is 174 Å². The van der Waals surface area contributed by atoms with Crippen LogP contribution in [-0.4, -0.2) is 41.6 Å². The SMILES string of the molecule is CCn1c(SCc2cccc(S(=O)(=O)N(C)C)c2)nnc1-c1ccc(Cl)cc1. The number of benzene rings is 2. The van der Waals surface area contributed by atoms with Crippen LogP contribution in [0, 0.1) is 0 Å². The van der Waals surface area contributed by atoms with Gasteiger partial charge in [-0.15, -0.1) is 10.2 Å². The molecule has 0 atom stereocenters. The Bertz CT molecular complexity index is 1060. The Morgan fingerprint density at radius 3 is 2.46 bits per heavy atom. The average Bonchev–Trinajstić information content (AvgIpc) is 3.10. The van der Waals surface area contributed by atoms with E-state index in [2.05, 4.69) is 10.2 Å². The number of rotatable bonds is 7. The summed E-state index contributed by atoms with van der Waals surface area (Å²) in [4.78, 5) is 0.286. The van der Waals surface area contributed by atoms with Crippen molar-refractivity contribution in [3.63, 3.8) is 0 Å². The highest BCUT2D eigenvalue weighted by Gasteiger charge is 2.18. The van der Waals surface area contributed by atoms with Gasteiger partial charge in [-0.1, -0.05) is 35.5 Å². The number of halogens is 1. The van der Waals surface area contributed by atoms with Crippen LogP contribution in [0.25, 0.3) is 11.4 Å². The van der Waals surface area contributed by atoms with Gasteiger partial charge in [0.05, 0.1) is 4.90 Å². The number of nitrogens with zero attached hydrogens (tertiary/aromatic N) is 4. The third-order valence-corrected chi connectivity index (χ3v) is 7.28. The van der Waals surface area contributed by atoms with E-state index < -0.39 is 10.0 Å². The van der Waals surface area contributed by atoms with E-state index in [0.29, 0.717) is 10.8 Å². The predicted molar refractivity (Wildman–Crippen MR) is 113 cm³/mol. The lowest BCUT2D eigenvalue weighted by molar-refractivity contribution is 0.520. The van der Waals surface area contributed by atoms with E-state index in [4.69, 9.17) is 11.6 Å². The molecule has 0 amide bonds. The zero-order valence-corrected chi connectivity index (χ0v) is 18.2. The Morgan fingerprint density at radius 1 is 1.11 bits per heavy atom. The van der Waals surface area contributed by atoms with Crippen molar-refractivity contribution in [2.45, 2.75) is 29.3 Å². The molecule has 1 aromatic heterocycles. The normalized spacial score (nSPS) is 11.9. The zero-order valence-electron chi connectivity index (χ0n) is 15.8. The Balaban J connectivity index is 1.81. The largest absolute Gasteiger partial charge is 0.302 e. The van der Waals surface area contributed by atoms with Crippen molar-refractivity contribution in [1.29, 1.82) is 0 Å². The molecule has 148 valence electrons. The minimum absolute atomic E-state index is 0.286. The summed E-state index contributed by atoms with van der Waals surface area (Å²) in [6.07, 6.45) is 0. The van der Waals surface area contributed by atoms with Crippen molar-refractivity contribution in [1.82, 2.24) is 19.1 Å². The molecule has 0 fully saturated rings. The second kappa shape index (κ2) is 8.65. The van der Waals surface area contributed by atoms with Gasteiger partial charge in [0, 0.05) is 37.0 Å². The third-order valence-electron chi connectivity index (χ3n) is 4.18. The highest BCUT2D eigenvalue weighted by atomic mass is 35.5. The summed E-state index contributed by atoms with van der Waals surface area (Å²) < 4.78 is 27.9. The maximum Gasteiger partial charge on any atom is 0.242 e. The van der Waals surface area contributed by atoms with Crippen LogP contribution in [-0.2, 0) is 22.3 Å². The lowest BCUT2D eigenvalue weighted by Gasteiger charge is -2.12. The monoisotopic (exact) mass is 436 g/mol. The van der Waals surface area contributed by atoms with Crippen LogP contribution < -0.4 is 0 Å². The number of hydrogen-bond donors (Lipinski definition) is 0. The van der Waals surface area contributed by atoms with Gasteiger partial charge < -0.3 is 4.57 Å². The van der Waals surface area contributed by atoms with E-state index in [1.165, 1.54) is 30.2 Å². The molecule has 2 aromatic carbocycles. The molecule has 0 saturated carbocycles. The summed E-state index contributed by atoms with van der Waals surface area (Å²) in [7, 11) is -0.397. The van der Waals surface area contributed by atoms with Crippen LogP contribution in [0.3, 0.4) is 0 Å². The topological polar surface area (TPSA) is 68.1 Å². The molecule has 1 heterocycles. The van der Waals surface area contributed by atoms with Gasteiger partial charge >= 0.3 is 0 Å². The van der Waals surface area contributed by atoms with E-state index in [9.17, 15) is 8.42 Å². The molecule has 0 N–H and O–H groups in total. The van der Waals surface area contributed by atoms with E-state index in [0.717, 1.165) is 28.7 Å². The summed E-state index contributed by atoms with van der Waals surface area (Å²) in [6.45, 7) is 2.76. The van der Waals surface area contributed by atoms with Gasteiger partial charge in [-0.05, 0) is 48.9 Å². The fraction of sp³-hybridized carbons (Fsp3) is 0.263. The van der Waals surface area contributed by atoms with E-state index >= 15 is 0 Å². The lowest BCUT2D eigenvalue weighted by Crippen LogP contribution is -2.22. The van der Waals surface area contributed by atoms with E-state index in [1.54, 1.807) is 18.2 Å². The zero-order chi connectivity index (χ0) is 20.3. The van der Waals surface area contributed by atoms with Crippen molar-refractivity contribution in [2.24, 2.45) is 0 Å². The molecule has 6 nitrogen and oxygen atoms in total. The maximum absolute atomic E-state index is 12.3. The van der Waals surface area contributed by atoms with Crippen LogP contribution in [0.5, 0.6) is 0 Å². The van der Waals surface area contributed by atoms with E-state index in [-0.39, 0.29) is 4.90 Å². The van der Waals surface area contributed by atoms with Crippen LogP contribution >= 0.6 is 23.4 Å². The van der Waals surface area contributed by atoms with Crippen molar-refractivity contribution < 1.29 is 8.42 Å². The average molecular weight is 437 g/mol. The standard InChI is InChI=1S/C19H21ClN4O2S2/c1-4-24-18(15-8-10-16(20)11-9-15)21-22-19(24)27-13-14-6-5-7-17(12-14)28(25,26)23(2)3/h5-12H,4,13H2,1-3H3. The second-order valence-corrected chi connectivity index (χ2v) is 9.81. The van der Waals surface area contributed by atoms with Crippen LogP contribution in [0.15, 0.2) is 58.6 Å². The molecule has 0 saturated heterocycles. The summed E-state index contributed by atoms with van der Waals surface area (Å²) in [5.74, 6) is 1.38. The van der Waals surface area contributed by atoms with Crippen molar-refractivity contribution in [2.75, 3.05) is 14.1 Å². The number of hydrogen-bond acceptors (Lipinski definition) is 5. The van der Waals surface area contributed by atoms with E-state index in [1.807, 2.05) is 41.8 Å². The molecule has 3 rings (SSSR count). The summed E-state index contributed by atoms with van der Waals surface area (Å²) in [5.41, 5.74) is 1.86. The molecular formula is C19H21ClN4O2S2. The molecule has 0 bridgehead atoms. The maximum atomic E-state index is 12.3. The van der Waals surface area contributed by atoms with Crippen molar-refractivity contribution >= 4 is 33.4 Å². The van der Waals surface area contributed by atoms with Gasteiger partial charge in [-0.2, -0.15) is 0 Å². The second-order valence-electron chi connectivity index (χ2n) is 6.28. The Hall–Kier alpha value is -1.87. The minimum Gasteiger partial charge on any atom is -0.302 e. The first kappa shape index (κ1) is 20.9.